The summed E-state index contributed by atoms with van der Waals surface area (Å²) in [6.07, 6.45) is 3.66. The number of hydrogen-bond donors (Lipinski definition) is 2. The van der Waals surface area contributed by atoms with Crippen molar-refractivity contribution in [2.45, 2.75) is 38.9 Å². The molecule has 1 aromatic heterocycles. The lowest BCUT2D eigenvalue weighted by Gasteiger charge is -2.32. The SMILES string of the molecule is CNCC(=Cc1cc(N)ccn1)B1OC(C)(C)C(C)(C)O1. The Labute approximate surface area is 127 Å². The van der Waals surface area contributed by atoms with Gasteiger partial charge in [0.25, 0.3) is 0 Å². The van der Waals surface area contributed by atoms with Crippen LogP contribution in [-0.2, 0) is 9.31 Å². The van der Waals surface area contributed by atoms with E-state index in [1.54, 1.807) is 12.3 Å². The molecule has 0 amide bonds. The summed E-state index contributed by atoms with van der Waals surface area (Å²) in [5.41, 5.74) is 7.58. The van der Waals surface area contributed by atoms with Crippen molar-refractivity contribution in [2.75, 3.05) is 19.3 Å². The fourth-order valence-corrected chi connectivity index (χ4v) is 2.14. The lowest BCUT2D eigenvalue weighted by molar-refractivity contribution is 0.00578. The third-order valence-electron chi connectivity index (χ3n) is 4.08. The summed E-state index contributed by atoms with van der Waals surface area (Å²) < 4.78 is 12.2. The van der Waals surface area contributed by atoms with E-state index in [9.17, 15) is 0 Å². The lowest BCUT2D eigenvalue weighted by Crippen LogP contribution is -2.41. The van der Waals surface area contributed by atoms with Gasteiger partial charge in [0.15, 0.2) is 0 Å². The monoisotopic (exact) mass is 289 g/mol. The molecule has 0 aromatic carbocycles. The molecule has 1 aliphatic heterocycles. The molecule has 1 aromatic rings. The van der Waals surface area contributed by atoms with Crippen LogP contribution in [0.5, 0.6) is 0 Å². The van der Waals surface area contributed by atoms with Crippen molar-refractivity contribution in [3.63, 3.8) is 0 Å². The van der Waals surface area contributed by atoms with Crippen LogP contribution in [0.2, 0.25) is 0 Å². The van der Waals surface area contributed by atoms with E-state index in [0.29, 0.717) is 12.2 Å². The van der Waals surface area contributed by atoms with E-state index >= 15 is 0 Å². The van der Waals surface area contributed by atoms with Crippen molar-refractivity contribution < 1.29 is 9.31 Å². The quantitative estimate of drug-likeness (QED) is 0.828. The van der Waals surface area contributed by atoms with Crippen LogP contribution in [-0.4, -0.2) is 36.9 Å². The highest BCUT2D eigenvalue weighted by Gasteiger charge is 2.52. The first kappa shape index (κ1) is 16.0. The average Bonchev–Trinajstić information content (AvgIpc) is 2.58. The minimum absolute atomic E-state index is 0.354. The minimum atomic E-state index is -0.384. The van der Waals surface area contributed by atoms with Gasteiger partial charge in [-0.3, -0.25) is 4.98 Å². The van der Waals surface area contributed by atoms with E-state index in [-0.39, 0.29) is 18.3 Å². The molecular weight excluding hydrogens is 265 g/mol. The number of nitrogens with zero attached hydrogens (tertiary/aromatic N) is 1. The van der Waals surface area contributed by atoms with Crippen LogP contribution < -0.4 is 11.1 Å². The van der Waals surface area contributed by atoms with Crippen LogP contribution in [0.4, 0.5) is 5.69 Å². The molecule has 0 bridgehead atoms. The standard InChI is InChI=1S/C15H24BN3O2/c1-14(2)15(3,4)21-16(20-14)11(10-18-5)8-13-9-12(17)6-7-19-13/h6-9,18H,10H2,1-5H3,(H2,17,19). The van der Waals surface area contributed by atoms with Crippen LogP contribution >= 0.6 is 0 Å². The molecule has 1 fully saturated rings. The first-order valence-corrected chi connectivity index (χ1v) is 7.17. The number of anilines is 1. The van der Waals surface area contributed by atoms with Gasteiger partial charge in [-0.2, -0.15) is 0 Å². The van der Waals surface area contributed by atoms with E-state index in [0.717, 1.165) is 11.2 Å². The fourth-order valence-electron chi connectivity index (χ4n) is 2.14. The van der Waals surface area contributed by atoms with Gasteiger partial charge in [-0.05, 0) is 58.4 Å². The van der Waals surface area contributed by atoms with Crippen LogP contribution in [0.3, 0.4) is 0 Å². The predicted molar refractivity (Wildman–Crippen MR) is 86.6 cm³/mol. The summed E-state index contributed by atoms with van der Waals surface area (Å²) >= 11 is 0. The molecule has 0 aliphatic carbocycles. The average molecular weight is 289 g/mol. The molecular formula is C15H24BN3O2. The van der Waals surface area contributed by atoms with Crippen LogP contribution in [0, 0.1) is 0 Å². The molecule has 0 radical (unpaired) electrons. The Hall–Kier alpha value is -1.37. The second-order valence-corrected chi connectivity index (χ2v) is 6.35. The number of nitrogen functional groups attached to an aromatic ring is 1. The molecule has 21 heavy (non-hydrogen) atoms. The zero-order valence-electron chi connectivity index (χ0n) is 13.4. The third kappa shape index (κ3) is 3.45. The minimum Gasteiger partial charge on any atom is -0.400 e. The number of rotatable bonds is 4. The first-order chi connectivity index (χ1) is 9.75. The van der Waals surface area contributed by atoms with Crippen molar-refractivity contribution in [1.29, 1.82) is 0 Å². The molecule has 3 N–H and O–H groups in total. The Bertz CT molecular complexity index is 527. The number of nitrogens with two attached hydrogens (primary N) is 1. The van der Waals surface area contributed by atoms with Crippen molar-refractivity contribution in [1.82, 2.24) is 10.3 Å². The van der Waals surface area contributed by atoms with Gasteiger partial charge < -0.3 is 20.4 Å². The van der Waals surface area contributed by atoms with Crippen molar-refractivity contribution >= 4 is 18.9 Å². The highest BCUT2D eigenvalue weighted by Crippen LogP contribution is 2.38. The maximum absolute atomic E-state index is 6.09. The summed E-state index contributed by atoms with van der Waals surface area (Å²) in [5, 5.41) is 3.15. The summed E-state index contributed by atoms with van der Waals surface area (Å²) in [5.74, 6) is 0. The Morgan fingerprint density at radius 3 is 2.48 bits per heavy atom. The molecule has 0 saturated carbocycles. The van der Waals surface area contributed by atoms with Crippen molar-refractivity contribution in [3.8, 4) is 0 Å². The fraction of sp³-hybridized carbons (Fsp3) is 0.533. The molecule has 0 atom stereocenters. The molecule has 5 nitrogen and oxygen atoms in total. The van der Waals surface area contributed by atoms with E-state index < -0.39 is 0 Å². The van der Waals surface area contributed by atoms with E-state index in [2.05, 4.69) is 10.3 Å². The van der Waals surface area contributed by atoms with Crippen LogP contribution in [0.15, 0.2) is 23.8 Å². The Kier molecular flexibility index (Phi) is 4.42. The maximum atomic E-state index is 6.09. The summed E-state index contributed by atoms with van der Waals surface area (Å²) in [4.78, 5) is 4.31. The molecule has 2 heterocycles. The number of aromatic nitrogens is 1. The van der Waals surface area contributed by atoms with Crippen LogP contribution in [0.25, 0.3) is 6.08 Å². The summed E-state index contributed by atoms with van der Waals surface area (Å²) in [7, 11) is 1.51. The maximum Gasteiger partial charge on any atom is 0.491 e. The highest BCUT2D eigenvalue weighted by atomic mass is 16.7. The number of pyridine rings is 1. The van der Waals surface area contributed by atoms with Gasteiger partial charge in [0.1, 0.15) is 0 Å². The largest absolute Gasteiger partial charge is 0.491 e. The van der Waals surface area contributed by atoms with Gasteiger partial charge in [-0.15, -0.1) is 0 Å². The molecule has 0 spiro atoms. The molecule has 1 aliphatic rings. The van der Waals surface area contributed by atoms with Gasteiger partial charge in [-0.25, -0.2) is 0 Å². The molecule has 114 valence electrons. The second kappa shape index (κ2) is 5.79. The smallest absolute Gasteiger partial charge is 0.400 e. The van der Waals surface area contributed by atoms with Crippen LogP contribution in [0.1, 0.15) is 33.4 Å². The van der Waals surface area contributed by atoms with Gasteiger partial charge in [-0.1, -0.05) is 0 Å². The van der Waals surface area contributed by atoms with Gasteiger partial charge in [0.2, 0.25) is 0 Å². The predicted octanol–water partition coefficient (Wildman–Crippen LogP) is 1.90. The second-order valence-electron chi connectivity index (χ2n) is 6.35. The van der Waals surface area contributed by atoms with E-state index in [1.807, 2.05) is 46.9 Å². The van der Waals surface area contributed by atoms with Crippen molar-refractivity contribution in [3.05, 3.63) is 29.5 Å². The molecule has 6 heteroatoms. The topological polar surface area (TPSA) is 69.4 Å². The normalized spacial score (nSPS) is 20.8. The van der Waals surface area contributed by atoms with Crippen molar-refractivity contribution in [2.24, 2.45) is 0 Å². The number of likely N-dealkylation sites (N-methyl/N-ethyl adjacent to an activating group) is 1. The van der Waals surface area contributed by atoms with Gasteiger partial charge >= 0.3 is 7.12 Å². The Morgan fingerprint density at radius 1 is 1.33 bits per heavy atom. The zero-order chi connectivity index (χ0) is 15.7. The zero-order valence-corrected chi connectivity index (χ0v) is 13.4. The lowest BCUT2D eigenvalue weighted by atomic mass is 9.77. The van der Waals surface area contributed by atoms with Gasteiger partial charge in [0.05, 0.1) is 16.9 Å². The molecule has 2 rings (SSSR count). The summed E-state index contributed by atoms with van der Waals surface area (Å²) in [6, 6.07) is 3.60. The van der Waals surface area contributed by atoms with Gasteiger partial charge in [0, 0.05) is 18.4 Å². The number of nitrogens with one attached hydrogen (secondary N) is 1. The molecule has 1 saturated heterocycles. The first-order valence-electron chi connectivity index (χ1n) is 7.17. The number of hydrogen-bond acceptors (Lipinski definition) is 5. The highest BCUT2D eigenvalue weighted by molar-refractivity contribution is 6.55. The Balaban J connectivity index is 2.28. The van der Waals surface area contributed by atoms with E-state index in [4.69, 9.17) is 15.0 Å². The Morgan fingerprint density at radius 2 is 1.95 bits per heavy atom. The third-order valence-corrected chi connectivity index (χ3v) is 4.08. The summed E-state index contributed by atoms with van der Waals surface area (Å²) in [6.45, 7) is 8.84. The molecule has 0 unspecified atom stereocenters. The van der Waals surface area contributed by atoms with E-state index in [1.165, 1.54) is 0 Å².